The van der Waals surface area contributed by atoms with E-state index >= 15 is 0 Å². The lowest BCUT2D eigenvalue weighted by Crippen LogP contribution is -2.39. The van der Waals surface area contributed by atoms with E-state index in [2.05, 4.69) is 10.3 Å². The third-order valence-electron chi connectivity index (χ3n) is 5.03. The highest BCUT2D eigenvalue weighted by molar-refractivity contribution is 6.05. The predicted molar refractivity (Wildman–Crippen MR) is 101 cm³/mol. The summed E-state index contributed by atoms with van der Waals surface area (Å²) in [4.78, 5) is 18.6. The lowest BCUT2D eigenvalue weighted by Gasteiger charge is -2.30. The average molecular weight is 401 g/mol. The summed E-state index contributed by atoms with van der Waals surface area (Å²) in [6.45, 7) is 0.515. The van der Waals surface area contributed by atoms with Gasteiger partial charge in [0.1, 0.15) is 5.52 Å². The van der Waals surface area contributed by atoms with E-state index in [-0.39, 0.29) is 38.6 Å². The van der Waals surface area contributed by atoms with Gasteiger partial charge in [0.15, 0.2) is 17.1 Å². The fourth-order valence-corrected chi connectivity index (χ4v) is 3.39. The van der Waals surface area contributed by atoms with Gasteiger partial charge in [-0.05, 0) is 36.4 Å². The Bertz CT molecular complexity index is 1090. The second-order valence-electron chi connectivity index (χ2n) is 7.04. The van der Waals surface area contributed by atoms with E-state index in [1.54, 1.807) is 41.3 Å². The Morgan fingerprint density at radius 3 is 2.69 bits per heavy atom. The molecule has 0 bridgehead atoms. The smallest absolute Gasteiger partial charge is 0.298 e. The van der Waals surface area contributed by atoms with Gasteiger partial charge in [-0.1, -0.05) is 0 Å². The van der Waals surface area contributed by atoms with Crippen LogP contribution in [0.1, 0.15) is 23.2 Å². The van der Waals surface area contributed by atoms with Crippen molar-refractivity contribution in [3.63, 3.8) is 0 Å². The molecule has 29 heavy (non-hydrogen) atoms. The summed E-state index contributed by atoms with van der Waals surface area (Å²) in [5.41, 5.74) is 2.05. The number of ether oxygens (including phenoxy) is 2. The Morgan fingerprint density at radius 2 is 1.86 bits per heavy atom. The highest BCUT2D eigenvalue weighted by Gasteiger charge is 2.35. The number of hydrogen-bond acceptors (Lipinski definition) is 6. The van der Waals surface area contributed by atoms with Crippen LogP contribution in [0.5, 0.6) is 11.5 Å². The zero-order valence-corrected chi connectivity index (χ0v) is 15.3. The molecule has 0 aliphatic carbocycles. The molecule has 0 atom stereocenters. The number of halogens is 2. The molecule has 150 valence electrons. The number of piperidine rings is 1. The lowest BCUT2D eigenvalue weighted by molar-refractivity contribution is -0.0226. The van der Waals surface area contributed by atoms with Crippen LogP contribution in [0.25, 0.3) is 11.1 Å². The Balaban J connectivity index is 1.33. The molecule has 2 aliphatic heterocycles. The summed E-state index contributed by atoms with van der Waals surface area (Å²) in [5.74, 6) is -1.80. The zero-order valence-electron chi connectivity index (χ0n) is 15.3. The molecule has 2 aliphatic rings. The lowest BCUT2D eigenvalue weighted by atomic mass is 10.1. The van der Waals surface area contributed by atoms with Crippen LogP contribution in [0.2, 0.25) is 0 Å². The minimum atomic E-state index is -2.63. The normalized spacial score (nSPS) is 17.5. The summed E-state index contributed by atoms with van der Waals surface area (Å²) in [7, 11) is 0. The second-order valence-corrected chi connectivity index (χ2v) is 7.04. The molecule has 1 saturated heterocycles. The molecule has 1 fully saturated rings. The van der Waals surface area contributed by atoms with Crippen molar-refractivity contribution in [1.29, 1.82) is 0 Å². The summed E-state index contributed by atoms with van der Waals surface area (Å²) in [5, 5.41) is 2.81. The van der Waals surface area contributed by atoms with Crippen LogP contribution >= 0.6 is 0 Å². The van der Waals surface area contributed by atoms with Gasteiger partial charge in [0, 0.05) is 37.2 Å². The quantitative estimate of drug-likeness (QED) is 0.714. The molecule has 0 spiro atoms. The first kappa shape index (κ1) is 17.7. The third-order valence-corrected chi connectivity index (χ3v) is 5.03. The molecule has 1 aromatic heterocycles. The zero-order chi connectivity index (χ0) is 20.0. The van der Waals surface area contributed by atoms with Crippen LogP contribution < -0.4 is 19.7 Å². The van der Waals surface area contributed by atoms with Crippen molar-refractivity contribution in [3.05, 3.63) is 42.0 Å². The van der Waals surface area contributed by atoms with Gasteiger partial charge >= 0.3 is 0 Å². The van der Waals surface area contributed by atoms with Gasteiger partial charge in [0.25, 0.3) is 17.8 Å². The number of carbonyl (C=O) groups excluding carboxylic acids is 1. The minimum Gasteiger partial charge on any atom is -0.454 e. The van der Waals surface area contributed by atoms with Crippen LogP contribution in [0.4, 0.5) is 20.5 Å². The Labute approximate surface area is 164 Å². The van der Waals surface area contributed by atoms with Crippen LogP contribution in [0.3, 0.4) is 0 Å². The highest BCUT2D eigenvalue weighted by Crippen LogP contribution is 2.34. The molecule has 5 rings (SSSR count). The number of carbonyl (C=O) groups is 1. The van der Waals surface area contributed by atoms with Gasteiger partial charge in [-0.15, -0.1) is 0 Å². The van der Waals surface area contributed by atoms with Crippen molar-refractivity contribution in [2.24, 2.45) is 0 Å². The van der Waals surface area contributed by atoms with Crippen LogP contribution in [0, 0.1) is 0 Å². The molecule has 2 aromatic carbocycles. The van der Waals surface area contributed by atoms with Crippen molar-refractivity contribution in [1.82, 2.24) is 4.98 Å². The first-order chi connectivity index (χ1) is 14.0. The molecule has 0 saturated carbocycles. The van der Waals surface area contributed by atoms with Crippen molar-refractivity contribution in [3.8, 4) is 11.5 Å². The summed E-state index contributed by atoms with van der Waals surface area (Å²) in [6, 6.07) is 10.4. The number of fused-ring (bicyclic) bond motifs is 2. The molecule has 9 heteroatoms. The molecule has 1 N–H and O–H groups in total. The fraction of sp³-hybridized carbons (Fsp3) is 0.300. The number of oxazole rings is 1. The van der Waals surface area contributed by atoms with E-state index in [1.165, 1.54) is 0 Å². The van der Waals surface area contributed by atoms with Gasteiger partial charge < -0.3 is 24.1 Å². The van der Waals surface area contributed by atoms with Crippen molar-refractivity contribution in [2.45, 2.75) is 18.8 Å². The number of aromatic nitrogens is 1. The minimum absolute atomic E-state index is 0.139. The molecular formula is C20H17F2N3O4. The van der Waals surface area contributed by atoms with Crippen LogP contribution in [0.15, 0.2) is 40.8 Å². The largest absolute Gasteiger partial charge is 0.454 e. The molecule has 1 amide bonds. The van der Waals surface area contributed by atoms with Crippen molar-refractivity contribution < 1.29 is 27.5 Å². The first-order valence-electron chi connectivity index (χ1n) is 9.21. The number of anilines is 2. The Hall–Kier alpha value is -3.36. The predicted octanol–water partition coefficient (Wildman–Crippen LogP) is 4.04. The molecule has 3 aromatic rings. The van der Waals surface area contributed by atoms with Gasteiger partial charge in [-0.25, -0.2) is 8.78 Å². The molecular weight excluding hydrogens is 384 g/mol. The number of benzene rings is 2. The monoisotopic (exact) mass is 401 g/mol. The van der Waals surface area contributed by atoms with E-state index in [4.69, 9.17) is 13.9 Å². The van der Waals surface area contributed by atoms with E-state index in [9.17, 15) is 13.6 Å². The average Bonchev–Trinajstić information content (AvgIpc) is 3.33. The fourth-order valence-electron chi connectivity index (χ4n) is 3.39. The molecule has 0 unspecified atom stereocenters. The maximum absolute atomic E-state index is 13.4. The maximum atomic E-state index is 13.4. The van der Waals surface area contributed by atoms with E-state index < -0.39 is 5.92 Å². The number of rotatable bonds is 3. The highest BCUT2D eigenvalue weighted by atomic mass is 19.3. The van der Waals surface area contributed by atoms with Crippen molar-refractivity contribution >= 4 is 28.7 Å². The van der Waals surface area contributed by atoms with E-state index in [1.807, 2.05) is 0 Å². The molecule has 7 nitrogen and oxygen atoms in total. The number of nitrogens with one attached hydrogen (secondary N) is 1. The van der Waals surface area contributed by atoms with E-state index in [0.717, 1.165) is 0 Å². The molecule has 0 radical (unpaired) electrons. The second kappa shape index (κ2) is 6.61. The summed E-state index contributed by atoms with van der Waals surface area (Å²) < 4.78 is 42.9. The van der Waals surface area contributed by atoms with Gasteiger partial charge in [0.2, 0.25) is 6.79 Å². The number of hydrogen-bond donors (Lipinski definition) is 1. The van der Waals surface area contributed by atoms with Gasteiger partial charge in [-0.3, -0.25) is 4.79 Å². The first-order valence-corrected chi connectivity index (χ1v) is 9.21. The molecule has 3 heterocycles. The van der Waals surface area contributed by atoms with Gasteiger partial charge in [-0.2, -0.15) is 4.98 Å². The number of nitrogens with zero attached hydrogens (tertiary/aromatic N) is 2. The summed E-state index contributed by atoms with van der Waals surface area (Å²) >= 11 is 0. The number of alkyl halides is 2. The standard InChI is InChI=1S/C20H17F2N3O4/c21-20(22)5-7-25(8-6-20)19-24-14-10-13(2-4-15(14)29-19)23-18(26)12-1-3-16-17(9-12)28-11-27-16/h1-4,9-10H,5-8,11H2,(H,23,26). The Morgan fingerprint density at radius 1 is 1.07 bits per heavy atom. The summed E-state index contributed by atoms with van der Waals surface area (Å²) in [6.07, 6.45) is -0.439. The third kappa shape index (κ3) is 3.43. The topological polar surface area (TPSA) is 76.8 Å². The Kier molecular flexibility index (Phi) is 4.04. The SMILES string of the molecule is O=C(Nc1ccc2oc(N3CCC(F)(F)CC3)nc2c1)c1ccc2c(c1)OCO2. The number of amides is 1. The maximum Gasteiger partial charge on any atom is 0.298 e. The van der Waals surface area contributed by atoms with Crippen LogP contribution in [-0.4, -0.2) is 36.7 Å². The van der Waals surface area contributed by atoms with E-state index in [0.29, 0.717) is 39.9 Å². The van der Waals surface area contributed by atoms with Gasteiger partial charge in [0.05, 0.1) is 0 Å². The van der Waals surface area contributed by atoms with Crippen LogP contribution in [-0.2, 0) is 0 Å². The van der Waals surface area contributed by atoms with Crippen molar-refractivity contribution in [2.75, 3.05) is 30.1 Å².